The molecular formula is C22H32ClN2O5-. The number of nitrogens with zero attached hydrogens (tertiary/aromatic N) is 2. The largest absolute Gasteiger partial charge is 0.494 e. The molecule has 0 unspecified atom stereocenters. The molecule has 30 heavy (non-hydrogen) atoms. The minimum absolute atomic E-state index is 0.777. The fourth-order valence-corrected chi connectivity index (χ4v) is 2.78. The highest BCUT2D eigenvalue weighted by atomic mass is 35.7. The van der Waals surface area contributed by atoms with Gasteiger partial charge in [-0.05, 0) is 49.1 Å². The molecule has 0 saturated carbocycles. The van der Waals surface area contributed by atoms with E-state index in [9.17, 15) is 0 Å². The fraction of sp³-hybridized carbons (Fsp3) is 0.545. The van der Waals surface area contributed by atoms with Crippen LogP contribution in [0.25, 0.3) is 11.4 Å². The van der Waals surface area contributed by atoms with Gasteiger partial charge in [-0.25, -0.2) is 28.6 Å². The monoisotopic (exact) mass is 439 g/mol. The van der Waals surface area contributed by atoms with Crippen molar-refractivity contribution in [2.24, 2.45) is 0 Å². The maximum atomic E-state index is 8.49. The van der Waals surface area contributed by atoms with Crippen molar-refractivity contribution in [2.45, 2.75) is 71.6 Å². The van der Waals surface area contributed by atoms with Crippen molar-refractivity contribution in [1.29, 1.82) is 0 Å². The van der Waals surface area contributed by atoms with Crippen LogP contribution in [0.2, 0.25) is 0 Å². The highest BCUT2D eigenvalue weighted by Crippen LogP contribution is 2.20. The molecule has 168 valence electrons. The number of aromatic nitrogens is 2. The molecule has 0 bridgehead atoms. The molecule has 2 aromatic rings. The Bertz CT molecular complexity index is 669. The lowest BCUT2D eigenvalue weighted by atomic mass is 10.1. The minimum atomic E-state index is -4.94. The zero-order valence-electron chi connectivity index (χ0n) is 17.8. The maximum Gasteiger partial charge on any atom is 0.159 e. The zero-order chi connectivity index (χ0) is 22.2. The van der Waals surface area contributed by atoms with Gasteiger partial charge in [-0.1, -0.05) is 52.4 Å². The van der Waals surface area contributed by atoms with Crippen molar-refractivity contribution >= 4 is 0 Å². The van der Waals surface area contributed by atoms with E-state index in [4.69, 9.17) is 23.4 Å². The number of rotatable bonds is 12. The van der Waals surface area contributed by atoms with Gasteiger partial charge in [0.25, 0.3) is 0 Å². The van der Waals surface area contributed by atoms with Gasteiger partial charge in [0.1, 0.15) is 5.75 Å². The summed E-state index contributed by atoms with van der Waals surface area (Å²) in [6, 6.07) is 8.06. The third kappa shape index (κ3) is 13.5. The summed E-state index contributed by atoms with van der Waals surface area (Å²) in [5.74, 6) is 1.70. The molecule has 1 aromatic carbocycles. The van der Waals surface area contributed by atoms with Crippen LogP contribution in [0.3, 0.4) is 0 Å². The molecule has 0 amide bonds. The Kier molecular flexibility index (Phi) is 13.2. The molecule has 2 rings (SSSR count). The molecule has 0 saturated heterocycles. The molecule has 0 N–H and O–H groups in total. The lowest BCUT2D eigenvalue weighted by Crippen LogP contribution is -2.68. The molecule has 0 aliphatic rings. The first-order valence-electron chi connectivity index (χ1n) is 10.5. The molecule has 0 aliphatic heterocycles. The normalized spacial score (nSPS) is 11.0. The Labute approximate surface area is 181 Å². The first kappa shape index (κ1) is 26.3. The van der Waals surface area contributed by atoms with Crippen molar-refractivity contribution in [1.82, 2.24) is 9.97 Å². The second kappa shape index (κ2) is 15.1. The van der Waals surface area contributed by atoms with E-state index in [1.807, 2.05) is 36.7 Å². The van der Waals surface area contributed by atoms with E-state index in [0.717, 1.165) is 43.0 Å². The lowest BCUT2D eigenvalue weighted by Gasteiger charge is -2.17. The number of aryl methyl sites for hydroxylation is 1. The Morgan fingerprint density at radius 2 is 1.30 bits per heavy atom. The van der Waals surface area contributed by atoms with Crippen molar-refractivity contribution < 1.29 is 33.6 Å². The first-order valence-corrected chi connectivity index (χ1v) is 11.7. The SMILES string of the molecule is CCCCCCCCc1cnc(-c2ccc(OCCCC)cc2)nc1.[O-][Cl+3]([O-])([O-])[O-]. The van der Waals surface area contributed by atoms with Crippen molar-refractivity contribution in [2.75, 3.05) is 6.61 Å². The second-order valence-electron chi connectivity index (χ2n) is 7.04. The van der Waals surface area contributed by atoms with Gasteiger partial charge in [-0.3, -0.25) is 0 Å². The molecule has 0 atom stereocenters. The topological polar surface area (TPSA) is 127 Å². The quantitative estimate of drug-likeness (QED) is 0.458. The molecule has 0 spiro atoms. The zero-order valence-corrected chi connectivity index (χ0v) is 18.6. The average molecular weight is 440 g/mol. The predicted octanol–water partition coefficient (Wildman–Crippen LogP) is 1.47. The summed E-state index contributed by atoms with van der Waals surface area (Å²) >= 11 is 0. The third-order valence-electron chi connectivity index (χ3n) is 4.40. The number of hydrogen-bond acceptors (Lipinski definition) is 7. The Hall–Kier alpha value is -1.77. The summed E-state index contributed by atoms with van der Waals surface area (Å²) < 4.78 is 39.7. The molecule has 0 fully saturated rings. The number of ether oxygens (including phenoxy) is 1. The van der Waals surface area contributed by atoms with Crippen molar-refractivity contribution in [3.63, 3.8) is 0 Å². The van der Waals surface area contributed by atoms with Gasteiger partial charge in [-0.2, -0.15) is 0 Å². The summed E-state index contributed by atoms with van der Waals surface area (Å²) in [7, 11) is -4.94. The van der Waals surface area contributed by atoms with E-state index in [1.54, 1.807) is 0 Å². The van der Waals surface area contributed by atoms with Crippen LogP contribution in [0, 0.1) is 10.2 Å². The molecule has 0 aliphatic carbocycles. The Balaban J connectivity index is 0.000000804. The van der Waals surface area contributed by atoms with Crippen LogP contribution in [-0.4, -0.2) is 16.6 Å². The summed E-state index contributed by atoms with van der Waals surface area (Å²) in [6.07, 6.45) is 15.2. The number of halogens is 1. The Morgan fingerprint density at radius 1 is 0.767 bits per heavy atom. The van der Waals surface area contributed by atoms with Gasteiger partial charge in [0.05, 0.1) is 6.61 Å². The molecule has 1 heterocycles. The van der Waals surface area contributed by atoms with Crippen LogP contribution in [-0.2, 0) is 6.42 Å². The van der Waals surface area contributed by atoms with Crippen LogP contribution in [0.15, 0.2) is 36.7 Å². The number of benzene rings is 1. The van der Waals surface area contributed by atoms with E-state index in [0.29, 0.717) is 0 Å². The summed E-state index contributed by atoms with van der Waals surface area (Å²) in [5, 5.41) is 0. The highest BCUT2D eigenvalue weighted by molar-refractivity contribution is 5.55. The van der Waals surface area contributed by atoms with Crippen LogP contribution < -0.4 is 23.4 Å². The number of unbranched alkanes of at least 4 members (excludes halogenated alkanes) is 6. The van der Waals surface area contributed by atoms with Crippen LogP contribution in [0.1, 0.15) is 70.8 Å². The first-order chi connectivity index (χ1) is 14.3. The predicted molar refractivity (Wildman–Crippen MR) is 105 cm³/mol. The van der Waals surface area contributed by atoms with Gasteiger partial charge in [-0.15, -0.1) is 10.2 Å². The number of hydrogen-bond donors (Lipinski definition) is 0. The summed E-state index contributed by atoms with van der Waals surface area (Å²) in [6.45, 7) is 5.20. The van der Waals surface area contributed by atoms with Gasteiger partial charge in [0.15, 0.2) is 5.82 Å². The van der Waals surface area contributed by atoms with Crippen LogP contribution >= 0.6 is 0 Å². The van der Waals surface area contributed by atoms with Gasteiger partial charge >= 0.3 is 0 Å². The summed E-state index contributed by atoms with van der Waals surface area (Å²) in [4.78, 5) is 9.06. The lowest BCUT2D eigenvalue weighted by molar-refractivity contribution is -2.00. The van der Waals surface area contributed by atoms with E-state index in [2.05, 4.69) is 23.8 Å². The minimum Gasteiger partial charge on any atom is -0.494 e. The molecule has 7 nitrogen and oxygen atoms in total. The van der Waals surface area contributed by atoms with Crippen molar-refractivity contribution in [3.8, 4) is 17.1 Å². The van der Waals surface area contributed by atoms with E-state index < -0.39 is 10.2 Å². The smallest absolute Gasteiger partial charge is 0.159 e. The molecule has 0 radical (unpaired) electrons. The van der Waals surface area contributed by atoms with E-state index in [-0.39, 0.29) is 0 Å². The van der Waals surface area contributed by atoms with Crippen LogP contribution in [0.4, 0.5) is 0 Å². The average Bonchev–Trinajstić information content (AvgIpc) is 2.71. The van der Waals surface area contributed by atoms with Gasteiger partial charge < -0.3 is 4.74 Å². The molecular weight excluding hydrogens is 408 g/mol. The van der Waals surface area contributed by atoms with E-state index >= 15 is 0 Å². The van der Waals surface area contributed by atoms with Crippen molar-refractivity contribution in [3.05, 3.63) is 42.2 Å². The maximum absolute atomic E-state index is 8.49. The summed E-state index contributed by atoms with van der Waals surface area (Å²) in [5.41, 5.74) is 2.27. The van der Waals surface area contributed by atoms with Crippen LogP contribution in [0.5, 0.6) is 5.75 Å². The fourth-order valence-electron chi connectivity index (χ4n) is 2.78. The Morgan fingerprint density at radius 3 is 1.87 bits per heavy atom. The standard InChI is InChI=1S/C22H32N2O.ClHO4/c1-3-5-7-8-9-10-11-19-17-23-22(24-18-19)20-12-14-21(15-13-20)25-16-6-4-2;2-1(3,4)5/h12-15,17-18H,3-11,16H2,1-2H3;(H,2,3,4,5)/p-1. The highest BCUT2D eigenvalue weighted by Gasteiger charge is 2.03. The van der Waals surface area contributed by atoms with Gasteiger partial charge in [0, 0.05) is 18.0 Å². The van der Waals surface area contributed by atoms with E-state index in [1.165, 1.54) is 44.1 Å². The third-order valence-corrected chi connectivity index (χ3v) is 4.40. The van der Waals surface area contributed by atoms with Gasteiger partial charge in [0.2, 0.25) is 0 Å². The molecule has 8 heteroatoms. The molecule has 1 aromatic heterocycles. The second-order valence-corrected chi connectivity index (χ2v) is 7.79.